The van der Waals surface area contributed by atoms with E-state index in [4.69, 9.17) is 14.5 Å². The van der Waals surface area contributed by atoms with Gasteiger partial charge in [-0.3, -0.25) is 9.78 Å². The van der Waals surface area contributed by atoms with Crippen molar-refractivity contribution in [2.45, 2.75) is 31.8 Å². The molecule has 0 radical (unpaired) electrons. The summed E-state index contributed by atoms with van der Waals surface area (Å²) in [7, 11) is 1.56. The first-order valence-electron chi connectivity index (χ1n) is 11.8. The normalized spacial score (nSPS) is 13.5. The van der Waals surface area contributed by atoms with Crippen LogP contribution in [-0.4, -0.2) is 24.0 Å². The van der Waals surface area contributed by atoms with E-state index < -0.39 is 18.0 Å². The predicted octanol–water partition coefficient (Wildman–Crippen LogP) is 5.66. The first-order valence-corrected chi connectivity index (χ1v) is 11.8. The van der Waals surface area contributed by atoms with Gasteiger partial charge in [0.2, 0.25) is 6.10 Å². The lowest BCUT2D eigenvalue weighted by atomic mass is 9.90. The summed E-state index contributed by atoms with van der Waals surface area (Å²) >= 11 is 0. The van der Waals surface area contributed by atoms with Crippen LogP contribution in [0.1, 0.15) is 46.1 Å². The quantitative estimate of drug-likeness (QED) is 0.371. The first kappa shape index (κ1) is 22.6. The highest BCUT2D eigenvalue weighted by atomic mass is 16.5. The number of para-hydroxylation sites is 1. The molecule has 0 aliphatic heterocycles. The van der Waals surface area contributed by atoms with Gasteiger partial charge >= 0.3 is 5.97 Å². The molecule has 6 nitrogen and oxygen atoms in total. The highest BCUT2D eigenvalue weighted by Crippen LogP contribution is 2.32. The molecule has 4 aromatic rings. The Hall–Kier alpha value is -4.19. The summed E-state index contributed by atoms with van der Waals surface area (Å²) < 4.78 is 11.2. The Morgan fingerprint density at radius 2 is 1.69 bits per heavy atom. The lowest BCUT2D eigenvalue weighted by Crippen LogP contribution is -2.27. The van der Waals surface area contributed by atoms with Gasteiger partial charge in [0, 0.05) is 28.4 Å². The molecule has 0 fully saturated rings. The van der Waals surface area contributed by atoms with E-state index in [2.05, 4.69) is 5.32 Å². The van der Waals surface area contributed by atoms with Crippen LogP contribution in [-0.2, 0) is 22.4 Å². The first-order chi connectivity index (χ1) is 17.1. The number of aryl methyl sites for hydroxylation is 1. The smallest absolute Gasteiger partial charge is 0.340 e. The number of fused-ring (bicyclic) bond motifs is 2. The van der Waals surface area contributed by atoms with Crippen LogP contribution in [0.2, 0.25) is 0 Å². The molecule has 3 aromatic carbocycles. The van der Waals surface area contributed by atoms with Crippen LogP contribution in [0.5, 0.6) is 5.75 Å². The van der Waals surface area contributed by atoms with E-state index in [1.165, 1.54) is 0 Å². The Balaban J connectivity index is 1.51. The molecule has 35 heavy (non-hydrogen) atoms. The number of nitrogens with zero attached hydrogens (tertiary/aromatic N) is 1. The number of amides is 1. The molecule has 1 amide bonds. The fourth-order valence-electron chi connectivity index (χ4n) is 4.58. The molecule has 6 heteroatoms. The molecule has 0 saturated heterocycles. The van der Waals surface area contributed by atoms with Crippen molar-refractivity contribution in [3.05, 3.63) is 101 Å². The number of hydrogen-bond donors (Lipinski definition) is 1. The maximum Gasteiger partial charge on any atom is 0.340 e. The highest BCUT2D eigenvalue weighted by molar-refractivity contribution is 6.06. The zero-order chi connectivity index (χ0) is 24.2. The third kappa shape index (κ3) is 4.73. The van der Waals surface area contributed by atoms with E-state index in [-0.39, 0.29) is 0 Å². The molecular weight excluding hydrogens is 440 g/mol. The maximum absolute atomic E-state index is 13.7. The minimum Gasteiger partial charge on any atom is -0.497 e. The number of anilines is 1. The summed E-state index contributed by atoms with van der Waals surface area (Å²) in [5.41, 5.74) is 4.29. The monoisotopic (exact) mass is 466 g/mol. The van der Waals surface area contributed by atoms with Crippen LogP contribution in [0.3, 0.4) is 0 Å². The van der Waals surface area contributed by atoms with Gasteiger partial charge in [-0.25, -0.2) is 4.79 Å². The average Bonchev–Trinajstić information content (AvgIpc) is 2.90. The third-order valence-corrected chi connectivity index (χ3v) is 6.28. The van der Waals surface area contributed by atoms with Crippen LogP contribution in [0.25, 0.3) is 10.9 Å². The number of pyridine rings is 1. The van der Waals surface area contributed by atoms with Gasteiger partial charge in [-0.2, -0.15) is 0 Å². The van der Waals surface area contributed by atoms with Crippen molar-refractivity contribution in [2.24, 2.45) is 0 Å². The molecule has 1 aliphatic carbocycles. The fourth-order valence-corrected chi connectivity index (χ4v) is 4.58. The summed E-state index contributed by atoms with van der Waals surface area (Å²) in [6.07, 6.45) is 2.51. The van der Waals surface area contributed by atoms with Crippen molar-refractivity contribution in [2.75, 3.05) is 12.4 Å². The molecule has 1 heterocycles. The number of nitrogens with one attached hydrogen (secondary N) is 1. The molecule has 0 spiro atoms. The summed E-state index contributed by atoms with van der Waals surface area (Å²) in [4.78, 5) is 31.9. The number of rotatable bonds is 6. The van der Waals surface area contributed by atoms with E-state index in [9.17, 15) is 9.59 Å². The summed E-state index contributed by atoms with van der Waals surface area (Å²) in [6, 6.07) is 23.7. The van der Waals surface area contributed by atoms with Crippen LogP contribution >= 0.6 is 0 Å². The molecular formula is C29H26N2O4. The molecule has 1 aromatic heterocycles. The second-order valence-electron chi connectivity index (χ2n) is 8.55. The number of methoxy groups -OCH3 is 1. The highest BCUT2D eigenvalue weighted by Gasteiger charge is 2.29. The molecule has 1 N–H and O–H groups in total. The van der Waals surface area contributed by atoms with E-state index in [0.29, 0.717) is 22.6 Å². The zero-order valence-corrected chi connectivity index (χ0v) is 19.5. The summed E-state index contributed by atoms with van der Waals surface area (Å²) in [5.74, 6) is -0.340. The SMILES string of the molecule is COc1cccc(NC(=O)C(OC(=O)c2c3c(nc4ccccc24)CCCC3)c2ccccc2)c1. The number of carbonyl (C=O) groups is 2. The average molecular weight is 467 g/mol. The van der Waals surface area contributed by atoms with E-state index >= 15 is 0 Å². The fraction of sp³-hybridized carbons (Fsp3) is 0.207. The van der Waals surface area contributed by atoms with Gasteiger partial charge in [-0.15, -0.1) is 0 Å². The van der Waals surface area contributed by atoms with Gasteiger partial charge in [0.15, 0.2) is 0 Å². The Morgan fingerprint density at radius 3 is 2.51 bits per heavy atom. The van der Waals surface area contributed by atoms with Crippen molar-refractivity contribution in [3.8, 4) is 5.75 Å². The van der Waals surface area contributed by atoms with Gasteiger partial charge in [0.05, 0.1) is 18.2 Å². The van der Waals surface area contributed by atoms with E-state index in [1.807, 2.05) is 42.5 Å². The van der Waals surface area contributed by atoms with Crippen LogP contribution in [0.4, 0.5) is 5.69 Å². The maximum atomic E-state index is 13.7. The van der Waals surface area contributed by atoms with Crippen molar-refractivity contribution in [3.63, 3.8) is 0 Å². The van der Waals surface area contributed by atoms with Gasteiger partial charge in [0.25, 0.3) is 5.91 Å². The number of carbonyl (C=O) groups excluding carboxylic acids is 2. The van der Waals surface area contributed by atoms with Gasteiger partial charge in [0.1, 0.15) is 5.75 Å². The van der Waals surface area contributed by atoms with Crippen molar-refractivity contribution in [1.82, 2.24) is 4.98 Å². The van der Waals surface area contributed by atoms with Crippen LogP contribution in [0, 0.1) is 0 Å². The standard InChI is InChI=1S/C29H26N2O4/c1-34-21-13-9-12-20(18-21)30-28(32)27(19-10-3-2-4-11-19)35-29(33)26-22-14-5-7-16-24(22)31-25-17-8-6-15-23(25)26/h2-5,7,9-14,16,18,27H,6,8,15,17H2,1H3,(H,30,32). The molecule has 1 unspecified atom stereocenters. The minimum absolute atomic E-state index is 0.440. The number of benzene rings is 3. The van der Waals surface area contributed by atoms with Gasteiger partial charge in [-0.05, 0) is 49.4 Å². The largest absolute Gasteiger partial charge is 0.497 e. The number of esters is 1. The van der Waals surface area contributed by atoms with Gasteiger partial charge < -0.3 is 14.8 Å². The lowest BCUT2D eigenvalue weighted by Gasteiger charge is -2.22. The topological polar surface area (TPSA) is 77.5 Å². The Kier molecular flexibility index (Phi) is 6.44. The lowest BCUT2D eigenvalue weighted by molar-refractivity contribution is -0.125. The zero-order valence-electron chi connectivity index (χ0n) is 19.5. The summed E-state index contributed by atoms with van der Waals surface area (Å²) in [6.45, 7) is 0. The van der Waals surface area contributed by atoms with Crippen molar-refractivity contribution in [1.29, 1.82) is 0 Å². The van der Waals surface area contributed by atoms with Gasteiger partial charge in [-0.1, -0.05) is 54.6 Å². The van der Waals surface area contributed by atoms with Crippen LogP contribution in [0.15, 0.2) is 78.9 Å². The summed E-state index contributed by atoms with van der Waals surface area (Å²) in [5, 5.41) is 3.61. The third-order valence-electron chi connectivity index (χ3n) is 6.28. The Morgan fingerprint density at radius 1 is 0.914 bits per heavy atom. The number of ether oxygens (including phenoxy) is 2. The number of hydrogen-bond acceptors (Lipinski definition) is 5. The van der Waals surface area contributed by atoms with E-state index in [0.717, 1.165) is 47.8 Å². The Labute approximate surface area is 203 Å². The second-order valence-corrected chi connectivity index (χ2v) is 8.55. The van der Waals surface area contributed by atoms with Crippen LogP contribution < -0.4 is 10.1 Å². The minimum atomic E-state index is -1.12. The van der Waals surface area contributed by atoms with Crippen molar-refractivity contribution >= 4 is 28.5 Å². The molecule has 1 atom stereocenters. The molecule has 1 aliphatic rings. The predicted molar refractivity (Wildman–Crippen MR) is 135 cm³/mol. The Bertz CT molecular complexity index is 1380. The molecule has 0 bridgehead atoms. The second kappa shape index (κ2) is 9.97. The molecule has 176 valence electrons. The molecule has 0 saturated carbocycles. The van der Waals surface area contributed by atoms with E-state index in [1.54, 1.807) is 43.5 Å². The molecule has 5 rings (SSSR count). The van der Waals surface area contributed by atoms with Crippen molar-refractivity contribution < 1.29 is 19.1 Å². The number of aromatic nitrogens is 1.